The number of nitrogens with zero attached hydrogens (tertiary/aromatic N) is 2. The van der Waals surface area contributed by atoms with Gasteiger partial charge in [-0.3, -0.25) is 0 Å². The van der Waals surface area contributed by atoms with Crippen molar-refractivity contribution >= 4 is 17.6 Å². The third-order valence-electron chi connectivity index (χ3n) is 2.85. The Kier molecular flexibility index (Phi) is 3.86. The molecule has 2 rings (SSSR count). The van der Waals surface area contributed by atoms with Crippen LogP contribution in [0.4, 0.5) is 16.3 Å². The number of carbonyl (C=O) groups is 1. The molecule has 0 radical (unpaired) electrons. The lowest BCUT2D eigenvalue weighted by Gasteiger charge is -2.16. The number of nitrogen functional groups attached to an aromatic ring is 1. The van der Waals surface area contributed by atoms with Crippen LogP contribution in [0.2, 0.25) is 0 Å². The highest BCUT2D eigenvalue weighted by molar-refractivity contribution is 5.68. The number of pyridine rings is 1. The Morgan fingerprint density at radius 1 is 1.67 bits per heavy atom. The second kappa shape index (κ2) is 5.57. The molecule has 1 aromatic heterocycles. The predicted octanol–water partition coefficient (Wildman–Crippen LogP) is 1.31. The average molecular weight is 250 g/mol. The fraction of sp³-hybridized carbons (Fsp3) is 0.500. The summed E-state index contributed by atoms with van der Waals surface area (Å²) in [6.45, 7) is 3.57. The van der Waals surface area contributed by atoms with Crippen molar-refractivity contribution in [3.8, 4) is 0 Å². The first-order valence-electron chi connectivity index (χ1n) is 6.09. The molecule has 1 fully saturated rings. The zero-order valence-electron chi connectivity index (χ0n) is 10.4. The summed E-state index contributed by atoms with van der Waals surface area (Å²) in [4.78, 5) is 17.4. The van der Waals surface area contributed by atoms with Crippen LogP contribution in [0.15, 0.2) is 18.3 Å². The van der Waals surface area contributed by atoms with Gasteiger partial charge in [0.2, 0.25) is 0 Å². The fourth-order valence-corrected chi connectivity index (χ4v) is 1.96. The first kappa shape index (κ1) is 12.5. The van der Waals surface area contributed by atoms with E-state index in [4.69, 9.17) is 10.5 Å². The van der Waals surface area contributed by atoms with Crippen molar-refractivity contribution in [2.75, 3.05) is 30.7 Å². The van der Waals surface area contributed by atoms with E-state index in [1.54, 1.807) is 17.2 Å². The Balaban J connectivity index is 1.86. The van der Waals surface area contributed by atoms with Crippen LogP contribution in [-0.2, 0) is 4.74 Å². The van der Waals surface area contributed by atoms with E-state index < -0.39 is 0 Å². The molecule has 0 spiro atoms. The van der Waals surface area contributed by atoms with E-state index in [1.807, 2.05) is 13.0 Å². The van der Waals surface area contributed by atoms with Gasteiger partial charge in [0.25, 0.3) is 0 Å². The van der Waals surface area contributed by atoms with Crippen LogP contribution in [0.1, 0.15) is 13.3 Å². The van der Waals surface area contributed by atoms with Crippen molar-refractivity contribution in [3.05, 3.63) is 18.3 Å². The summed E-state index contributed by atoms with van der Waals surface area (Å²) >= 11 is 0. The van der Waals surface area contributed by atoms with E-state index in [-0.39, 0.29) is 12.1 Å². The first-order valence-corrected chi connectivity index (χ1v) is 6.09. The van der Waals surface area contributed by atoms with Crippen LogP contribution in [-0.4, -0.2) is 41.7 Å². The SMILES string of the molecule is CCOC(=O)N1CCC(Nc2ccc(N)cn2)C1. The standard InChI is InChI=1S/C12H18N4O2/c1-2-18-12(17)16-6-5-10(8-16)15-11-4-3-9(13)7-14-11/h3-4,7,10H,2,5-6,8,13H2,1H3,(H,14,15). The summed E-state index contributed by atoms with van der Waals surface area (Å²) < 4.78 is 4.97. The molecule has 1 aromatic rings. The van der Waals surface area contributed by atoms with Crippen molar-refractivity contribution in [1.82, 2.24) is 9.88 Å². The lowest BCUT2D eigenvalue weighted by molar-refractivity contribution is 0.115. The van der Waals surface area contributed by atoms with Gasteiger partial charge in [-0.2, -0.15) is 0 Å². The van der Waals surface area contributed by atoms with E-state index in [9.17, 15) is 4.79 Å². The van der Waals surface area contributed by atoms with Gasteiger partial charge in [0, 0.05) is 19.1 Å². The maximum absolute atomic E-state index is 11.5. The molecule has 0 bridgehead atoms. The van der Waals surface area contributed by atoms with Crippen LogP contribution in [0.3, 0.4) is 0 Å². The molecular weight excluding hydrogens is 232 g/mol. The monoisotopic (exact) mass is 250 g/mol. The first-order chi connectivity index (χ1) is 8.69. The summed E-state index contributed by atoms with van der Waals surface area (Å²) in [7, 11) is 0. The molecule has 3 N–H and O–H groups in total. The van der Waals surface area contributed by atoms with Crippen molar-refractivity contribution < 1.29 is 9.53 Å². The Hall–Kier alpha value is -1.98. The highest BCUT2D eigenvalue weighted by Gasteiger charge is 2.27. The number of hydrogen-bond acceptors (Lipinski definition) is 5. The Morgan fingerprint density at radius 2 is 2.50 bits per heavy atom. The highest BCUT2D eigenvalue weighted by atomic mass is 16.6. The zero-order chi connectivity index (χ0) is 13.0. The Morgan fingerprint density at radius 3 is 3.17 bits per heavy atom. The third-order valence-corrected chi connectivity index (χ3v) is 2.85. The van der Waals surface area contributed by atoms with Gasteiger partial charge in [0.15, 0.2) is 0 Å². The molecule has 1 amide bonds. The molecule has 1 aliphatic heterocycles. The molecule has 0 saturated carbocycles. The number of ether oxygens (including phenoxy) is 1. The molecule has 98 valence electrons. The van der Waals surface area contributed by atoms with Gasteiger partial charge in [-0.15, -0.1) is 0 Å². The van der Waals surface area contributed by atoms with Crippen LogP contribution in [0.25, 0.3) is 0 Å². The van der Waals surface area contributed by atoms with Crippen molar-refractivity contribution in [1.29, 1.82) is 0 Å². The van der Waals surface area contributed by atoms with Gasteiger partial charge >= 0.3 is 6.09 Å². The number of anilines is 2. The number of likely N-dealkylation sites (tertiary alicyclic amines) is 1. The van der Waals surface area contributed by atoms with E-state index in [1.165, 1.54) is 0 Å². The second-order valence-corrected chi connectivity index (χ2v) is 4.25. The van der Waals surface area contributed by atoms with E-state index in [0.29, 0.717) is 25.4 Å². The largest absolute Gasteiger partial charge is 0.450 e. The molecule has 0 aliphatic carbocycles. The molecule has 6 nitrogen and oxygen atoms in total. The molecular formula is C12H18N4O2. The quantitative estimate of drug-likeness (QED) is 0.845. The fourth-order valence-electron chi connectivity index (χ4n) is 1.96. The number of nitrogens with one attached hydrogen (secondary N) is 1. The van der Waals surface area contributed by atoms with Gasteiger partial charge in [0.05, 0.1) is 18.5 Å². The molecule has 0 aromatic carbocycles. The summed E-state index contributed by atoms with van der Waals surface area (Å²) in [6, 6.07) is 3.85. The number of rotatable bonds is 3. The minimum Gasteiger partial charge on any atom is -0.450 e. The molecule has 6 heteroatoms. The number of nitrogens with two attached hydrogens (primary N) is 1. The molecule has 2 heterocycles. The Labute approximate surface area is 106 Å². The summed E-state index contributed by atoms with van der Waals surface area (Å²) in [6.07, 6.45) is 2.26. The van der Waals surface area contributed by atoms with Gasteiger partial charge in [-0.25, -0.2) is 9.78 Å². The summed E-state index contributed by atoms with van der Waals surface area (Å²) in [5.74, 6) is 0.778. The molecule has 1 aliphatic rings. The smallest absolute Gasteiger partial charge is 0.409 e. The van der Waals surface area contributed by atoms with Crippen LogP contribution in [0, 0.1) is 0 Å². The zero-order valence-corrected chi connectivity index (χ0v) is 10.4. The normalized spacial score (nSPS) is 18.7. The number of amides is 1. The lowest BCUT2D eigenvalue weighted by Crippen LogP contribution is -2.32. The van der Waals surface area contributed by atoms with Crippen molar-refractivity contribution in [3.63, 3.8) is 0 Å². The molecule has 1 unspecified atom stereocenters. The van der Waals surface area contributed by atoms with Gasteiger partial charge in [0.1, 0.15) is 5.82 Å². The lowest BCUT2D eigenvalue weighted by atomic mass is 10.2. The number of aromatic nitrogens is 1. The number of carbonyl (C=O) groups excluding carboxylic acids is 1. The van der Waals surface area contributed by atoms with Crippen LogP contribution >= 0.6 is 0 Å². The predicted molar refractivity (Wildman–Crippen MR) is 69.3 cm³/mol. The van der Waals surface area contributed by atoms with Gasteiger partial charge in [-0.05, 0) is 25.5 Å². The van der Waals surface area contributed by atoms with Crippen molar-refractivity contribution in [2.24, 2.45) is 0 Å². The summed E-state index contributed by atoms with van der Waals surface area (Å²) in [5, 5.41) is 3.28. The minimum atomic E-state index is -0.243. The van der Waals surface area contributed by atoms with E-state index >= 15 is 0 Å². The van der Waals surface area contributed by atoms with Gasteiger partial charge in [-0.1, -0.05) is 0 Å². The maximum Gasteiger partial charge on any atom is 0.409 e. The van der Waals surface area contributed by atoms with Gasteiger partial charge < -0.3 is 20.7 Å². The second-order valence-electron chi connectivity index (χ2n) is 4.25. The third kappa shape index (κ3) is 3.03. The average Bonchev–Trinajstić information content (AvgIpc) is 2.81. The van der Waals surface area contributed by atoms with Crippen LogP contribution < -0.4 is 11.1 Å². The minimum absolute atomic E-state index is 0.213. The van der Waals surface area contributed by atoms with Crippen molar-refractivity contribution in [2.45, 2.75) is 19.4 Å². The van der Waals surface area contributed by atoms with Crippen LogP contribution in [0.5, 0.6) is 0 Å². The van der Waals surface area contributed by atoms with E-state index in [0.717, 1.165) is 12.2 Å². The topological polar surface area (TPSA) is 80.5 Å². The highest BCUT2D eigenvalue weighted by Crippen LogP contribution is 2.15. The molecule has 1 atom stereocenters. The molecule has 18 heavy (non-hydrogen) atoms. The maximum atomic E-state index is 11.5. The Bertz CT molecular complexity index is 407. The van der Waals surface area contributed by atoms with E-state index in [2.05, 4.69) is 10.3 Å². The summed E-state index contributed by atoms with van der Waals surface area (Å²) in [5.41, 5.74) is 6.21. The molecule has 1 saturated heterocycles. The number of hydrogen-bond donors (Lipinski definition) is 2.